The lowest BCUT2D eigenvalue weighted by Gasteiger charge is -2.16. The molecule has 0 spiro atoms. The minimum Gasteiger partial charge on any atom is -0.481 e. The van der Waals surface area contributed by atoms with E-state index in [0.29, 0.717) is 6.42 Å². The van der Waals surface area contributed by atoms with Gasteiger partial charge in [0.15, 0.2) is 0 Å². The van der Waals surface area contributed by atoms with Crippen LogP contribution in [0.5, 0.6) is 0 Å². The summed E-state index contributed by atoms with van der Waals surface area (Å²) in [4.78, 5) is 11.6. The second-order valence-electron chi connectivity index (χ2n) is 5.39. The molecule has 1 aliphatic rings. The molecule has 2 aromatic carbocycles. The molecule has 1 aliphatic carbocycles. The molecule has 0 saturated carbocycles. The molecule has 2 aromatic rings. The Bertz CT molecular complexity index is 658. The summed E-state index contributed by atoms with van der Waals surface area (Å²) >= 11 is 0. The average Bonchev–Trinajstić information content (AvgIpc) is 2.83. The van der Waals surface area contributed by atoms with E-state index in [9.17, 15) is 9.90 Å². The molecule has 0 aromatic heterocycles. The van der Waals surface area contributed by atoms with Gasteiger partial charge < -0.3 is 5.11 Å². The van der Waals surface area contributed by atoms with Crippen LogP contribution in [0, 0.1) is 0 Å². The molecule has 2 heteroatoms. The van der Waals surface area contributed by atoms with Crippen molar-refractivity contribution >= 4 is 5.97 Å². The molecular weight excluding hydrogens is 248 g/mol. The van der Waals surface area contributed by atoms with Crippen molar-refractivity contribution in [3.8, 4) is 11.1 Å². The first-order valence-electron chi connectivity index (χ1n) is 7.15. The molecule has 0 fully saturated rings. The summed E-state index contributed by atoms with van der Waals surface area (Å²) in [5, 5.41) is 9.51. The van der Waals surface area contributed by atoms with Gasteiger partial charge in [-0.2, -0.15) is 0 Å². The Kier molecular flexibility index (Phi) is 3.31. The largest absolute Gasteiger partial charge is 0.481 e. The molecule has 0 radical (unpaired) electrons. The van der Waals surface area contributed by atoms with Crippen LogP contribution < -0.4 is 0 Å². The van der Waals surface area contributed by atoms with E-state index in [1.54, 1.807) is 0 Å². The van der Waals surface area contributed by atoms with Crippen LogP contribution in [0.2, 0.25) is 0 Å². The second-order valence-corrected chi connectivity index (χ2v) is 5.39. The molecule has 0 saturated heterocycles. The molecule has 0 heterocycles. The Morgan fingerprint density at radius 1 is 1.15 bits per heavy atom. The standard InChI is InChI=1S/C18H18O2/c1-2-6-16(18(19)20)15-10-5-9-14-13-8-4-3-7-12(13)11-17(14)15/h3-5,7-10,16H,2,6,11H2,1H3,(H,19,20). The number of carbonyl (C=O) groups is 1. The quantitative estimate of drug-likeness (QED) is 0.767. The van der Waals surface area contributed by atoms with Crippen LogP contribution in [-0.4, -0.2) is 11.1 Å². The SMILES string of the molecule is CCCC(C(=O)O)c1cccc2c1Cc1ccccc1-2. The van der Waals surface area contributed by atoms with Gasteiger partial charge >= 0.3 is 5.97 Å². The molecule has 3 rings (SSSR count). The van der Waals surface area contributed by atoms with Crippen LogP contribution in [0.15, 0.2) is 42.5 Å². The van der Waals surface area contributed by atoms with Crippen LogP contribution in [0.4, 0.5) is 0 Å². The highest BCUT2D eigenvalue weighted by Crippen LogP contribution is 2.40. The van der Waals surface area contributed by atoms with Gasteiger partial charge in [-0.3, -0.25) is 4.79 Å². The number of carboxylic acids is 1. The maximum absolute atomic E-state index is 11.6. The van der Waals surface area contributed by atoms with Crippen LogP contribution in [0.3, 0.4) is 0 Å². The summed E-state index contributed by atoms with van der Waals surface area (Å²) in [6, 6.07) is 14.4. The molecule has 0 aliphatic heterocycles. The lowest BCUT2D eigenvalue weighted by Crippen LogP contribution is -2.13. The summed E-state index contributed by atoms with van der Waals surface area (Å²) < 4.78 is 0. The van der Waals surface area contributed by atoms with E-state index >= 15 is 0 Å². The van der Waals surface area contributed by atoms with Gasteiger partial charge in [0.2, 0.25) is 0 Å². The topological polar surface area (TPSA) is 37.3 Å². The van der Waals surface area contributed by atoms with Crippen molar-refractivity contribution in [2.75, 3.05) is 0 Å². The molecule has 1 N–H and O–H groups in total. The number of hydrogen-bond donors (Lipinski definition) is 1. The zero-order chi connectivity index (χ0) is 14.1. The summed E-state index contributed by atoms with van der Waals surface area (Å²) in [5.74, 6) is -1.10. The van der Waals surface area contributed by atoms with Gasteiger partial charge in [0, 0.05) is 0 Å². The van der Waals surface area contributed by atoms with Crippen molar-refractivity contribution in [3.63, 3.8) is 0 Å². The number of hydrogen-bond acceptors (Lipinski definition) is 1. The molecule has 0 bridgehead atoms. The first-order chi connectivity index (χ1) is 9.72. The summed E-state index contributed by atoms with van der Waals surface area (Å²) in [5.41, 5.74) is 5.96. The Morgan fingerprint density at radius 2 is 1.90 bits per heavy atom. The summed E-state index contributed by atoms with van der Waals surface area (Å²) in [6.45, 7) is 2.04. The number of benzene rings is 2. The third-order valence-electron chi connectivity index (χ3n) is 4.14. The summed E-state index contributed by atoms with van der Waals surface area (Å²) in [7, 11) is 0. The Hall–Kier alpha value is -2.09. The highest BCUT2D eigenvalue weighted by molar-refractivity contribution is 5.82. The van der Waals surface area contributed by atoms with Crippen molar-refractivity contribution in [2.24, 2.45) is 0 Å². The lowest BCUT2D eigenvalue weighted by atomic mass is 9.88. The van der Waals surface area contributed by atoms with E-state index in [1.807, 2.05) is 31.2 Å². The Balaban J connectivity index is 2.11. The maximum atomic E-state index is 11.6. The van der Waals surface area contributed by atoms with Gasteiger partial charge in [0.25, 0.3) is 0 Å². The minimum absolute atomic E-state index is 0.385. The molecule has 102 valence electrons. The molecule has 1 atom stereocenters. The Morgan fingerprint density at radius 3 is 2.65 bits per heavy atom. The van der Waals surface area contributed by atoms with Gasteiger partial charge in [0.1, 0.15) is 0 Å². The molecule has 0 amide bonds. The smallest absolute Gasteiger partial charge is 0.310 e. The summed E-state index contributed by atoms with van der Waals surface area (Å²) in [6.07, 6.45) is 2.44. The van der Waals surface area contributed by atoms with Crippen LogP contribution in [-0.2, 0) is 11.2 Å². The monoisotopic (exact) mass is 266 g/mol. The van der Waals surface area contributed by atoms with E-state index in [4.69, 9.17) is 0 Å². The average molecular weight is 266 g/mol. The molecular formula is C18H18O2. The third kappa shape index (κ3) is 2.01. The number of carboxylic acid groups (broad SMARTS) is 1. The van der Waals surface area contributed by atoms with Crippen LogP contribution >= 0.6 is 0 Å². The van der Waals surface area contributed by atoms with Crippen LogP contribution in [0.1, 0.15) is 42.4 Å². The van der Waals surface area contributed by atoms with Gasteiger partial charge in [-0.05, 0) is 40.7 Å². The predicted molar refractivity (Wildman–Crippen MR) is 80.0 cm³/mol. The second kappa shape index (κ2) is 5.12. The van der Waals surface area contributed by atoms with Crippen molar-refractivity contribution in [3.05, 3.63) is 59.2 Å². The van der Waals surface area contributed by atoms with Gasteiger partial charge in [-0.25, -0.2) is 0 Å². The first-order valence-corrected chi connectivity index (χ1v) is 7.15. The molecule has 2 nitrogen and oxygen atoms in total. The van der Waals surface area contributed by atoms with Crippen molar-refractivity contribution in [1.82, 2.24) is 0 Å². The maximum Gasteiger partial charge on any atom is 0.310 e. The molecule has 20 heavy (non-hydrogen) atoms. The number of aliphatic carboxylic acids is 1. The van der Waals surface area contributed by atoms with E-state index in [-0.39, 0.29) is 5.92 Å². The predicted octanol–water partition coefficient (Wildman–Crippen LogP) is 4.23. The zero-order valence-corrected chi connectivity index (χ0v) is 11.6. The van der Waals surface area contributed by atoms with Gasteiger partial charge in [0.05, 0.1) is 5.92 Å². The fourth-order valence-corrected chi connectivity index (χ4v) is 3.21. The highest BCUT2D eigenvalue weighted by atomic mass is 16.4. The normalized spacial score (nSPS) is 13.7. The van der Waals surface area contributed by atoms with E-state index in [2.05, 4.69) is 18.2 Å². The third-order valence-corrected chi connectivity index (χ3v) is 4.14. The fourth-order valence-electron chi connectivity index (χ4n) is 3.21. The minimum atomic E-state index is -0.712. The number of fused-ring (bicyclic) bond motifs is 3. The zero-order valence-electron chi connectivity index (χ0n) is 11.6. The highest BCUT2D eigenvalue weighted by Gasteiger charge is 2.27. The Labute approximate surface area is 119 Å². The molecule has 1 unspecified atom stereocenters. The fraction of sp³-hybridized carbons (Fsp3) is 0.278. The first kappa shape index (κ1) is 12.9. The number of rotatable bonds is 4. The van der Waals surface area contributed by atoms with Crippen molar-refractivity contribution in [2.45, 2.75) is 32.1 Å². The van der Waals surface area contributed by atoms with Gasteiger partial charge in [-0.15, -0.1) is 0 Å². The van der Waals surface area contributed by atoms with E-state index in [1.165, 1.54) is 22.3 Å². The van der Waals surface area contributed by atoms with Crippen molar-refractivity contribution in [1.29, 1.82) is 0 Å². The van der Waals surface area contributed by atoms with Gasteiger partial charge in [-0.1, -0.05) is 55.8 Å². The van der Waals surface area contributed by atoms with E-state index in [0.717, 1.165) is 18.4 Å². The van der Waals surface area contributed by atoms with E-state index < -0.39 is 5.97 Å². The van der Waals surface area contributed by atoms with Crippen molar-refractivity contribution < 1.29 is 9.90 Å². The lowest BCUT2D eigenvalue weighted by molar-refractivity contribution is -0.139. The van der Waals surface area contributed by atoms with Crippen LogP contribution in [0.25, 0.3) is 11.1 Å².